The van der Waals surface area contributed by atoms with Gasteiger partial charge in [-0.1, -0.05) is 12.1 Å². The second-order valence-corrected chi connectivity index (χ2v) is 5.54. The molecule has 0 saturated carbocycles. The van der Waals surface area contributed by atoms with Gasteiger partial charge >= 0.3 is 0 Å². The van der Waals surface area contributed by atoms with E-state index < -0.39 is 0 Å². The lowest BCUT2D eigenvalue weighted by molar-refractivity contribution is 0.0952. The number of methoxy groups -OCH3 is 1. The average Bonchev–Trinajstić information content (AvgIpc) is 2.91. The Hall–Kier alpha value is -2.14. The van der Waals surface area contributed by atoms with Crippen molar-refractivity contribution in [2.75, 3.05) is 7.11 Å². The van der Waals surface area contributed by atoms with Gasteiger partial charge in [-0.15, -0.1) is 11.3 Å². The van der Waals surface area contributed by atoms with E-state index in [1.165, 1.54) is 12.0 Å². The summed E-state index contributed by atoms with van der Waals surface area (Å²) < 4.78 is 5.15. The lowest BCUT2D eigenvalue weighted by atomic mass is 10.2. The van der Waals surface area contributed by atoms with Crippen LogP contribution in [0.1, 0.15) is 27.0 Å². The van der Waals surface area contributed by atoms with Crippen LogP contribution in [0.2, 0.25) is 0 Å². The summed E-state index contributed by atoms with van der Waals surface area (Å²) in [5.74, 6) is 0.250. The van der Waals surface area contributed by atoms with Crippen LogP contribution in [-0.4, -0.2) is 18.7 Å². The zero-order valence-corrected chi connectivity index (χ0v) is 12.5. The molecular weight excluding hydrogens is 272 g/mol. The van der Waals surface area contributed by atoms with Gasteiger partial charge < -0.3 is 4.74 Å². The molecule has 2 aromatic rings. The highest BCUT2D eigenvalue weighted by Gasteiger charge is 2.10. The van der Waals surface area contributed by atoms with Crippen LogP contribution in [0.4, 0.5) is 0 Å². The van der Waals surface area contributed by atoms with Gasteiger partial charge in [-0.3, -0.25) is 4.79 Å². The van der Waals surface area contributed by atoms with E-state index >= 15 is 0 Å². The molecule has 1 N–H and O–H groups in total. The first-order valence-electron chi connectivity index (χ1n) is 6.16. The highest BCUT2D eigenvalue weighted by molar-refractivity contribution is 7.14. The van der Waals surface area contributed by atoms with Crippen molar-refractivity contribution in [3.8, 4) is 5.75 Å². The Kier molecular flexibility index (Phi) is 4.53. The number of nitrogens with one attached hydrogen (secondary N) is 1. The molecule has 0 aliphatic heterocycles. The number of thiophene rings is 1. The van der Waals surface area contributed by atoms with Gasteiger partial charge in [0.15, 0.2) is 0 Å². The molecule has 0 unspecified atom stereocenters. The fourth-order valence-electron chi connectivity index (χ4n) is 1.71. The standard InChI is InChI=1S/C15H16N2O2S/c1-10-8-9-14(20-10)11(2)16-17-15(18)12-6-4-5-7-13(12)19-3/h4-9H,1-3H3,(H,17,18). The van der Waals surface area contributed by atoms with Gasteiger partial charge in [0.25, 0.3) is 5.91 Å². The van der Waals surface area contributed by atoms with E-state index in [4.69, 9.17) is 4.74 Å². The number of carbonyl (C=O) groups excluding carboxylic acids is 1. The zero-order chi connectivity index (χ0) is 14.5. The van der Waals surface area contributed by atoms with Crippen LogP contribution in [0.25, 0.3) is 0 Å². The Morgan fingerprint density at radius 1 is 1.25 bits per heavy atom. The van der Waals surface area contributed by atoms with Crippen LogP contribution in [0, 0.1) is 6.92 Å². The van der Waals surface area contributed by atoms with E-state index in [2.05, 4.69) is 10.5 Å². The van der Waals surface area contributed by atoms with Crippen LogP contribution in [0.15, 0.2) is 41.5 Å². The number of benzene rings is 1. The minimum atomic E-state index is -0.282. The fourth-order valence-corrected chi connectivity index (χ4v) is 2.52. The number of para-hydroxylation sites is 1. The van der Waals surface area contributed by atoms with E-state index in [1.807, 2.05) is 32.0 Å². The number of ether oxygens (including phenoxy) is 1. The van der Waals surface area contributed by atoms with Gasteiger partial charge in [-0.25, -0.2) is 5.43 Å². The molecular formula is C15H16N2O2S. The Morgan fingerprint density at radius 3 is 2.65 bits per heavy atom. The lowest BCUT2D eigenvalue weighted by Gasteiger charge is -2.06. The minimum Gasteiger partial charge on any atom is -0.496 e. The Bertz CT molecular complexity index is 647. The molecule has 20 heavy (non-hydrogen) atoms. The summed E-state index contributed by atoms with van der Waals surface area (Å²) in [5.41, 5.74) is 3.81. The summed E-state index contributed by atoms with van der Waals surface area (Å²) in [6.45, 7) is 3.91. The third kappa shape index (κ3) is 3.24. The molecule has 4 nitrogen and oxygen atoms in total. The number of hydrogen-bond donors (Lipinski definition) is 1. The van der Waals surface area contributed by atoms with Gasteiger partial charge in [0.1, 0.15) is 5.75 Å². The van der Waals surface area contributed by atoms with Crippen molar-refractivity contribution >= 4 is 23.0 Å². The second-order valence-electron chi connectivity index (χ2n) is 4.25. The van der Waals surface area contributed by atoms with Crippen molar-refractivity contribution in [2.45, 2.75) is 13.8 Å². The molecule has 0 fully saturated rings. The second kappa shape index (κ2) is 6.34. The lowest BCUT2D eigenvalue weighted by Crippen LogP contribution is -2.19. The summed E-state index contributed by atoms with van der Waals surface area (Å²) in [7, 11) is 1.54. The zero-order valence-electron chi connectivity index (χ0n) is 11.6. The predicted octanol–water partition coefficient (Wildman–Crippen LogP) is 3.22. The molecule has 0 bridgehead atoms. The molecule has 0 atom stereocenters. The van der Waals surface area contributed by atoms with Crippen LogP contribution in [-0.2, 0) is 0 Å². The summed E-state index contributed by atoms with van der Waals surface area (Å²) in [6, 6.07) is 11.1. The molecule has 0 aliphatic rings. The number of amides is 1. The largest absolute Gasteiger partial charge is 0.496 e. The maximum absolute atomic E-state index is 12.1. The first kappa shape index (κ1) is 14.3. The third-order valence-electron chi connectivity index (χ3n) is 2.77. The van der Waals surface area contributed by atoms with E-state index in [1.54, 1.807) is 29.5 Å². The van der Waals surface area contributed by atoms with Gasteiger partial charge in [-0.05, 0) is 38.1 Å². The molecule has 2 rings (SSSR count). The maximum Gasteiger partial charge on any atom is 0.275 e. The van der Waals surface area contributed by atoms with Crippen molar-refractivity contribution < 1.29 is 9.53 Å². The number of nitrogens with zero attached hydrogens (tertiary/aromatic N) is 1. The molecule has 5 heteroatoms. The average molecular weight is 288 g/mol. The molecule has 0 saturated heterocycles. The number of rotatable bonds is 4. The fraction of sp³-hybridized carbons (Fsp3) is 0.200. The van der Waals surface area contributed by atoms with Crippen LogP contribution in [0.3, 0.4) is 0 Å². The quantitative estimate of drug-likeness (QED) is 0.693. The first-order valence-corrected chi connectivity index (χ1v) is 6.98. The van der Waals surface area contributed by atoms with Crippen molar-refractivity contribution in [1.29, 1.82) is 0 Å². The van der Waals surface area contributed by atoms with E-state index in [0.717, 1.165) is 10.6 Å². The Labute approximate surface area is 122 Å². The van der Waals surface area contributed by atoms with Crippen molar-refractivity contribution in [3.05, 3.63) is 51.7 Å². The summed E-state index contributed by atoms with van der Waals surface area (Å²) in [5, 5.41) is 4.13. The summed E-state index contributed by atoms with van der Waals surface area (Å²) in [4.78, 5) is 14.3. The van der Waals surface area contributed by atoms with E-state index in [-0.39, 0.29) is 5.91 Å². The summed E-state index contributed by atoms with van der Waals surface area (Å²) in [6.07, 6.45) is 0. The van der Waals surface area contributed by atoms with Crippen molar-refractivity contribution in [1.82, 2.24) is 5.43 Å². The molecule has 0 radical (unpaired) electrons. The summed E-state index contributed by atoms with van der Waals surface area (Å²) >= 11 is 1.64. The number of hydrogen-bond acceptors (Lipinski definition) is 4. The number of aryl methyl sites for hydroxylation is 1. The topological polar surface area (TPSA) is 50.7 Å². The molecule has 1 aromatic heterocycles. The van der Waals surface area contributed by atoms with Gasteiger partial charge in [0, 0.05) is 4.88 Å². The molecule has 0 spiro atoms. The normalized spacial score (nSPS) is 11.2. The predicted molar refractivity (Wildman–Crippen MR) is 81.7 cm³/mol. The highest BCUT2D eigenvalue weighted by atomic mass is 32.1. The monoisotopic (exact) mass is 288 g/mol. The number of carbonyl (C=O) groups is 1. The molecule has 1 amide bonds. The van der Waals surface area contributed by atoms with Crippen LogP contribution in [0.5, 0.6) is 5.75 Å². The Balaban J connectivity index is 2.12. The van der Waals surface area contributed by atoms with Gasteiger partial charge in [0.05, 0.1) is 23.3 Å². The van der Waals surface area contributed by atoms with Crippen molar-refractivity contribution in [2.24, 2.45) is 5.10 Å². The van der Waals surface area contributed by atoms with Crippen LogP contribution < -0.4 is 10.2 Å². The highest BCUT2D eigenvalue weighted by Crippen LogP contribution is 2.18. The number of hydrazone groups is 1. The molecule has 1 aromatic carbocycles. The first-order chi connectivity index (χ1) is 9.61. The molecule has 1 heterocycles. The van der Waals surface area contributed by atoms with E-state index in [0.29, 0.717) is 11.3 Å². The SMILES string of the molecule is COc1ccccc1C(=O)NN=C(C)c1ccc(C)s1. The van der Waals surface area contributed by atoms with Gasteiger partial charge in [-0.2, -0.15) is 5.10 Å². The minimum absolute atomic E-state index is 0.282. The maximum atomic E-state index is 12.1. The van der Waals surface area contributed by atoms with Gasteiger partial charge in [0.2, 0.25) is 0 Å². The molecule has 0 aliphatic carbocycles. The molecule has 104 valence electrons. The van der Waals surface area contributed by atoms with Crippen molar-refractivity contribution in [3.63, 3.8) is 0 Å². The van der Waals surface area contributed by atoms with Crippen LogP contribution >= 0.6 is 11.3 Å². The Morgan fingerprint density at radius 2 is 2.00 bits per heavy atom. The third-order valence-corrected chi connectivity index (χ3v) is 3.88. The van der Waals surface area contributed by atoms with E-state index in [9.17, 15) is 4.79 Å². The smallest absolute Gasteiger partial charge is 0.275 e.